The van der Waals surface area contributed by atoms with Gasteiger partial charge in [0.2, 0.25) is 5.95 Å². The number of aryl methyl sites for hydroxylation is 3. The van der Waals surface area contributed by atoms with Crippen LogP contribution in [0.5, 0.6) is 0 Å². The van der Waals surface area contributed by atoms with Gasteiger partial charge in [-0.05, 0) is 26.8 Å². The Balaban J connectivity index is 2.18. The molecule has 1 unspecified atom stereocenters. The first-order valence-corrected chi connectivity index (χ1v) is 5.49. The zero-order valence-corrected chi connectivity index (χ0v) is 10.5. The topological polar surface area (TPSA) is 68.5 Å². The molecule has 17 heavy (non-hydrogen) atoms. The van der Waals surface area contributed by atoms with E-state index < -0.39 is 0 Å². The van der Waals surface area contributed by atoms with Crippen molar-refractivity contribution >= 4 is 5.95 Å². The van der Waals surface area contributed by atoms with Crippen molar-refractivity contribution < 1.29 is 0 Å². The number of anilines is 1. The van der Waals surface area contributed by atoms with Gasteiger partial charge in [-0.3, -0.25) is 4.68 Å². The van der Waals surface area contributed by atoms with Gasteiger partial charge in [-0.25, -0.2) is 15.0 Å². The van der Waals surface area contributed by atoms with Crippen molar-refractivity contribution in [2.45, 2.75) is 26.8 Å². The quantitative estimate of drug-likeness (QED) is 0.866. The highest BCUT2D eigenvalue weighted by atomic mass is 15.3. The summed E-state index contributed by atoms with van der Waals surface area (Å²) in [6.07, 6.45) is 1.54. The molecule has 2 aromatic rings. The molecule has 2 aromatic heterocycles. The normalized spacial score (nSPS) is 12.5. The van der Waals surface area contributed by atoms with Gasteiger partial charge in [0.25, 0.3) is 0 Å². The van der Waals surface area contributed by atoms with E-state index in [4.69, 9.17) is 0 Å². The molecule has 0 fully saturated rings. The number of nitrogens with zero attached hydrogens (tertiary/aromatic N) is 5. The Bertz CT molecular complexity index is 498. The maximum atomic E-state index is 4.33. The van der Waals surface area contributed by atoms with E-state index in [9.17, 15) is 0 Å². The van der Waals surface area contributed by atoms with Crippen LogP contribution in [0.4, 0.5) is 5.95 Å². The van der Waals surface area contributed by atoms with Gasteiger partial charge in [0.05, 0.1) is 6.04 Å². The first-order valence-electron chi connectivity index (χ1n) is 5.49. The fourth-order valence-electron chi connectivity index (χ4n) is 1.75. The van der Waals surface area contributed by atoms with Gasteiger partial charge in [-0.1, -0.05) is 0 Å². The van der Waals surface area contributed by atoms with E-state index in [0.29, 0.717) is 5.95 Å². The SMILES string of the molecule is Cc1cc(C)nc(NC(C)c2ncnn2C)n1. The average molecular weight is 232 g/mol. The number of hydrogen-bond acceptors (Lipinski definition) is 5. The van der Waals surface area contributed by atoms with Gasteiger partial charge in [0.15, 0.2) is 0 Å². The van der Waals surface area contributed by atoms with Crippen molar-refractivity contribution in [1.82, 2.24) is 24.7 Å². The Morgan fingerprint density at radius 3 is 2.41 bits per heavy atom. The summed E-state index contributed by atoms with van der Waals surface area (Å²) in [5.74, 6) is 1.48. The second-order valence-corrected chi connectivity index (χ2v) is 4.08. The van der Waals surface area contributed by atoms with Crippen LogP contribution < -0.4 is 5.32 Å². The van der Waals surface area contributed by atoms with E-state index in [1.165, 1.54) is 6.33 Å². The maximum Gasteiger partial charge on any atom is 0.223 e. The van der Waals surface area contributed by atoms with Crippen molar-refractivity contribution in [1.29, 1.82) is 0 Å². The lowest BCUT2D eigenvalue weighted by Crippen LogP contribution is -2.14. The third-order valence-electron chi connectivity index (χ3n) is 2.46. The van der Waals surface area contributed by atoms with Gasteiger partial charge >= 0.3 is 0 Å². The van der Waals surface area contributed by atoms with Gasteiger partial charge in [0.1, 0.15) is 12.2 Å². The van der Waals surface area contributed by atoms with Gasteiger partial charge in [-0.2, -0.15) is 5.10 Å². The summed E-state index contributed by atoms with van der Waals surface area (Å²) >= 11 is 0. The lowest BCUT2D eigenvalue weighted by Gasteiger charge is -2.13. The molecule has 0 aromatic carbocycles. The molecule has 0 spiro atoms. The summed E-state index contributed by atoms with van der Waals surface area (Å²) in [6, 6.07) is 1.96. The summed E-state index contributed by atoms with van der Waals surface area (Å²) in [5.41, 5.74) is 1.90. The molecule has 0 saturated carbocycles. The van der Waals surface area contributed by atoms with E-state index in [-0.39, 0.29) is 6.04 Å². The van der Waals surface area contributed by atoms with Crippen LogP contribution in [0.15, 0.2) is 12.4 Å². The van der Waals surface area contributed by atoms with E-state index in [1.807, 2.05) is 33.9 Å². The molecule has 6 nitrogen and oxygen atoms in total. The molecular weight excluding hydrogens is 216 g/mol. The molecule has 0 saturated heterocycles. The fraction of sp³-hybridized carbons (Fsp3) is 0.455. The molecule has 90 valence electrons. The van der Waals surface area contributed by atoms with Gasteiger partial charge in [0, 0.05) is 18.4 Å². The minimum Gasteiger partial charge on any atom is -0.344 e. The third-order valence-corrected chi connectivity index (χ3v) is 2.46. The highest BCUT2D eigenvalue weighted by Crippen LogP contribution is 2.14. The molecule has 0 aliphatic rings. The van der Waals surface area contributed by atoms with Crippen molar-refractivity contribution in [3.63, 3.8) is 0 Å². The summed E-state index contributed by atoms with van der Waals surface area (Å²) in [4.78, 5) is 12.9. The highest BCUT2D eigenvalue weighted by molar-refractivity contribution is 5.30. The minimum absolute atomic E-state index is 0.0173. The summed E-state index contributed by atoms with van der Waals surface area (Å²) in [6.45, 7) is 5.91. The van der Waals surface area contributed by atoms with Crippen LogP contribution in [-0.4, -0.2) is 24.7 Å². The largest absolute Gasteiger partial charge is 0.344 e. The molecule has 1 N–H and O–H groups in total. The monoisotopic (exact) mass is 232 g/mol. The number of hydrogen-bond donors (Lipinski definition) is 1. The maximum absolute atomic E-state index is 4.33. The molecular formula is C11H16N6. The second kappa shape index (κ2) is 4.48. The van der Waals surface area contributed by atoms with Crippen molar-refractivity contribution in [2.24, 2.45) is 7.05 Å². The van der Waals surface area contributed by atoms with Crippen LogP contribution in [0.25, 0.3) is 0 Å². The highest BCUT2D eigenvalue weighted by Gasteiger charge is 2.12. The second-order valence-electron chi connectivity index (χ2n) is 4.08. The first-order chi connectivity index (χ1) is 8.06. The molecule has 2 rings (SSSR count). The third kappa shape index (κ3) is 2.58. The summed E-state index contributed by atoms with van der Waals surface area (Å²) in [7, 11) is 1.86. The number of nitrogens with one attached hydrogen (secondary N) is 1. The van der Waals surface area contributed by atoms with Crippen LogP contribution in [0.3, 0.4) is 0 Å². The van der Waals surface area contributed by atoms with E-state index >= 15 is 0 Å². The molecule has 0 radical (unpaired) electrons. The Labute approximate surface area is 100 Å². The number of rotatable bonds is 3. The Kier molecular flexibility index (Phi) is 3.03. The van der Waals surface area contributed by atoms with Crippen LogP contribution in [0.2, 0.25) is 0 Å². The van der Waals surface area contributed by atoms with E-state index in [1.54, 1.807) is 4.68 Å². The van der Waals surface area contributed by atoms with Crippen molar-refractivity contribution in [3.8, 4) is 0 Å². The molecule has 0 aliphatic carbocycles. The van der Waals surface area contributed by atoms with E-state index in [2.05, 4.69) is 25.4 Å². The van der Waals surface area contributed by atoms with Crippen molar-refractivity contribution in [3.05, 3.63) is 29.6 Å². The standard InChI is InChI=1S/C11H16N6/c1-7-5-8(2)15-11(14-7)16-9(3)10-12-6-13-17(10)4/h5-6,9H,1-4H3,(H,14,15,16). The smallest absolute Gasteiger partial charge is 0.223 e. The fourth-order valence-corrected chi connectivity index (χ4v) is 1.75. The Morgan fingerprint density at radius 2 is 1.88 bits per heavy atom. The van der Waals surface area contributed by atoms with Gasteiger partial charge in [-0.15, -0.1) is 0 Å². The zero-order valence-electron chi connectivity index (χ0n) is 10.5. The van der Waals surface area contributed by atoms with Gasteiger partial charge < -0.3 is 5.32 Å². The molecule has 0 bridgehead atoms. The predicted octanol–water partition coefficient (Wildman–Crippen LogP) is 1.40. The molecule has 1 atom stereocenters. The van der Waals surface area contributed by atoms with E-state index in [0.717, 1.165) is 17.2 Å². The van der Waals surface area contributed by atoms with Crippen LogP contribution in [0.1, 0.15) is 30.2 Å². The van der Waals surface area contributed by atoms with Crippen LogP contribution in [0, 0.1) is 13.8 Å². The summed E-state index contributed by atoms with van der Waals surface area (Å²) < 4.78 is 1.74. The predicted molar refractivity (Wildman–Crippen MR) is 64.5 cm³/mol. The zero-order chi connectivity index (χ0) is 12.4. The lowest BCUT2D eigenvalue weighted by molar-refractivity contribution is 0.658. The first kappa shape index (κ1) is 11.5. The molecule has 2 heterocycles. The Morgan fingerprint density at radius 1 is 1.24 bits per heavy atom. The summed E-state index contributed by atoms with van der Waals surface area (Å²) in [5, 5.41) is 7.26. The molecule has 0 amide bonds. The molecule has 6 heteroatoms. The minimum atomic E-state index is 0.0173. The Hall–Kier alpha value is -1.98. The van der Waals surface area contributed by atoms with Crippen LogP contribution in [-0.2, 0) is 7.05 Å². The molecule has 0 aliphatic heterocycles. The lowest BCUT2D eigenvalue weighted by atomic mass is 10.3. The number of aromatic nitrogens is 5. The van der Waals surface area contributed by atoms with Crippen LogP contribution >= 0.6 is 0 Å². The average Bonchev–Trinajstić information content (AvgIpc) is 2.62. The van der Waals surface area contributed by atoms with Crippen molar-refractivity contribution in [2.75, 3.05) is 5.32 Å².